The van der Waals surface area contributed by atoms with Crippen LogP contribution in [0, 0.1) is 11.8 Å². The number of hydrogen-bond acceptors (Lipinski definition) is 8. The summed E-state index contributed by atoms with van der Waals surface area (Å²) in [6.07, 6.45) is 4.94. The molecule has 1 atom stereocenters. The first kappa shape index (κ1) is 23.1. The summed E-state index contributed by atoms with van der Waals surface area (Å²) < 4.78 is 3.88. The maximum atomic E-state index is 13.4. The molecule has 34 heavy (non-hydrogen) atoms. The third-order valence-corrected chi connectivity index (χ3v) is 5.68. The van der Waals surface area contributed by atoms with Gasteiger partial charge >= 0.3 is 5.69 Å². The lowest BCUT2D eigenvalue weighted by Gasteiger charge is -2.31. The Labute approximate surface area is 195 Å². The Morgan fingerprint density at radius 1 is 1.32 bits per heavy atom. The molecule has 0 aromatic carbocycles. The zero-order valence-electron chi connectivity index (χ0n) is 19.1. The number of rotatable bonds is 6. The molecule has 1 fully saturated rings. The highest BCUT2D eigenvalue weighted by molar-refractivity contribution is 5.78. The Bertz CT molecular complexity index is 1380. The van der Waals surface area contributed by atoms with Crippen molar-refractivity contribution in [1.82, 2.24) is 29.1 Å². The lowest BCUT2D eigenvalue weighted by Crippen LogP contribution is -2.45. The number of fused-ring (bicyclic) bond motifs is 1. The van der Waals surface area contributed by atoms with Gasteiger partial charge in [0.1, 0.15) is 6.54 Å². The normalized spacial score (nSPS) is 15.6. The first-order valence-corrected chi connectivity index (χ1v) is 11.0. The Hall–Kier alpha value is -4.11. The van der Waals surface area contributed by atoms with Gasteiger partial charge in [-0.05, 0) is 31.9 Å². The molecule has 0 radical (unpaired) electrons. The quantitative estimate of drug-likeness (QED) is 0.323. The number of nitrogens with two attached hydrogens (primary N) is 1. The number of pyridine rings is 1. The molecule has 1 saturated heterocycles. The monoisotopic (exact) mass is 465 g/mol. The van der Waals surface area contributed by atoms with E-state index in [9.17, 15) is 14.4 Å². The van der Waals surface area contributed by atoms with Crippen LogP contribution in [-0.4, -0.2) is 48.7 Å². The fraction of sp³-hybridized carbons (Fsp3) is 0.409. The number of anilines is 2. The number of nitrogens with zero attached hydrogens (tertiary/aromatic N) is 6. The maximum absolute atomic E-state index is 13.4. The molecule has 12 heteroatoms. The molecule has 0 aliphatic carbocycles. The highest BCUT2D eigenvalue weighted by atomic mass is 16.2. The van der Waals surface area contributed by atoms with Gasteiger partial charge in [0.15, 0.2) is 11.2 Å². The van der Waals surface area contributed by atoms with Gasteiger partial charge in [-0.25, -0.2) is 9.36 Å². The molecule has 1 amide bonds. The highest BCUT2D eigenvalue weighted by Crippen LogP contribution is 2.22. The van der Waals surface area contributed by atoms with Crippen LogP contribution >= 0.6 is 0 Å². The number of hydrogen-bond donors (Lipinski definition) is 3. The Morgan fingerprint density at radius 2 is 2.15 bits per heavy atom. The van der Waals surface area contributed by atoms with E-state index in [1.807, 2.05) is 4.90 Å². The summed E-state index contributed by atoms with van der Waals surface area (Å²) in [5.41, 5.74) is 11.1. The van der Waals surface area contributed by atoms with E-state index in [0.29, 0.717) is 18.2 Å². The van der Waals surface area contributed by atoms with Crippen molar-refractivity contribution in [3.63, 3.8) is 0 Å². The zero-order chi connectivity index (χ0) is 24.2. The molecule has 4 heterocycles. The van der Waals surface area contributed by atoms with E-state index < -0.39 is 23.7 Å². The van der Waals surface area contributed by atoms with Gasteiger partial charge in [0, 0.05) is 32.4 Å². The second-order valence-corrected chi connectivity index (χ2v) is 8.09. The molecule has 3 aromatic rings. The van der Waals surface area contributed by atoms with Crippen LogP contribution in [0.15, 0.2) is 34.1 Å². The van der Waals surface area contributed by atoms with Crippen molar-refractivity contribution in [2.75, 3.05) is 23.4 Å². The van der Waals surface area contributed by atoms with Crippen LogP contribution in [0.2, 0.25) is 0 Å². The van der Waals surface area contributed by atoms with Gasteiger partial charge in [-0.15, -0.1) is 5.92 Å². The Kier molecular flexibility index (Phi) is 6.65. The van der Waals surface area contributed by atoms with E-state index in [4.69, 9.17) is 5.73 Å². The minimum Gasteiger partial charge on any atom is -0.341 e. The largest absolute Gasteiger partial charge is 0.341 e. The van der Waals surface area contributed by atoms with Crippen molar-refractivity contribution in [3.8, 4) is 11.8 Å². The van der Waals surface area contributed by atoms with Crippen LogP contribution in [0.3, 0.4) is 0 Å². The third-order valence-electron chi connectivity index (χ3n) is 5.68. The highest BCUT2D eigenvalue weighted by Gasteiger charge is 2.26. The maximum Gasteiger partial charge on any atom is 0.332 e. The van der Waals surface area contributed by atoms with Crippen LogP contribution in [-0.2, 0) is 24.9 Å². The van der Waals surface area contributed by atoms with Gasteiger partial charge in [-0.2, -0.15) is 4.98 Å². The second-order valence-electron chi connectivity index (χ2n) is 8.09. The predicted octanol–water partition coefficient (Wildman–Crippen LogP) is -0.614. The molecule has 4 N–H and O–H groups in total. The summed E-state index contributed by atoms with van der Waals surface area (Å²) in [5, 5.41) is 0. The number of piperidine rings is 1. The molecular formula is C22H27N9O3. The van der Waals surface area contributed by atoms with Gasteiger partial charge in [-0.1, -0.05) is 5.92 Å². The van der Waals surface area contributed by atoms with Gasteiger partial charge in [-0.3, -0.25) is 34.6 Å². The standard InChI is InChI=1S/C22H27N9O3/c1-3-4-11-30-18-19(25-21(30)29-10-6-7-15(23)13-29)28(2)22(34)31(20(18)33)14-17(32)27-26-16-8-5-9-24-12-16/h5,8-9,12,15,26H,6-7,10-11,13-14,23H2,1-2H3,(H,27,32). The molecule has 4 rings (SSSR count). The van der Waals surface area contributed by atoms with Gasteiger partial charge in [0.05, 0.1) is 18.4 Å². The summed E-state index contributed by atoms with van der Waals surface area (Å²) in [5.74, 6) is 5.79. The van der Waals surface area contributed by atoms with Crippen molar-refractivity contribution < 1.29 is 4.79 Å². The van der Waals surface area contributed by atoms with E-state index in [-0.39, 0.29) is 23.8 Å². The summed E-state index contributed by atoms with van der Waals surface area (Å²) >= 11 is 0. The van der Waals surface area contributed by atoms with Crippen molar-refractivity contribution >= 4 is 28.7 Å². The number of imidazole rings is 1. The molecule has 12 nitrogen and oxygen atoms in total. The van der Waals surface area contributed by atoms with Gasteiger partial charge in [0.2, 0.25) is 5.95 Å². The SMILES string of the molecule is CC#CCn1c(N2CCCC(N)C2)nc2c1c(=O)n(CC(=O)NNc1cccnc1)c(=O)n2C. The molecule has 3 aromatic heterocycles. The fourth-order valence-corrected chi connectivity index (χ4v) is 4.00. The molecular weight excluding hydrogens is 438 g/mol. The second kappa shape index (κ2) is 9.80. The van der Waals surface area contributed by atoms with Gasteiger partial charge < -0.3 is 10.6 Å². The number of carbonyl (C=O) groups excluding carboxylic acids is 1. The minimum absolute atomic E-state index is 0.00393. The summed E-state index contributed by atoms with van der Waals surface area (Å²) in [6, 6.07) is 3.41. The number of aryl methyl sites for hydroxylation is 1. The first-order chi connectivity index (χ1) is 16.4. The predicted molar refractivity (Wildman–Crippen MR) is 128 cm³/mol. The number of hydrazine groups is 1. The van der Waals surface area contributed by atoms with Crippen molar-refractivity contribution in [3.05, 3.63) is 45.4 Å². The number of carbonyl (C=O) groups is 1. The average Bonchev–Trinajstić information content (AvgIpc) is 3.23. The summed E-state index contributed by atoms with van der Waals surface area (Å²) in [4.78, 5) is 49.5. The van der Waals surface area contributed by atoms with Crippen LogP contribution in [0.25, 0.3) is 11.2 Å². The van der Waals surface area contributed by atoms with Crippen molar-refractivity contribution in [2.24, 2.45) is 12.8 Å². The molecule has 1 unspecified atom stereocenters. The van der Waals surface area contributed by atoms with Crippen LogP contribution in [0.1, 0.15) is 19.8 Å². The summed E-state index contributed by atoms with van der Waals surface area (Å²) in [6.45, 7) is 2.79. The molecule has 0 bridgehead atoms. The van der Waals surface area contributed by atoms with Crippen LogP contribution in [0.5, 0.6) is 0 Å². The fourth-order valence-electron chi connectivity index (χ4n) is 4.00. The molecule has 178 valence electrons. The zero-order valence-corrected chi connectivity index (χ0v) is 19.1. The molecule has 1 aliphatic rings. The topological polar surface area (TPSA) is 145 Å². The number of amides is 1. The van der Waals surface area contributed by atoms with E-state index >= 15 is 0 Å². The lowest BCUT2D eigenvalue weighted by atomic mass is 10.1. The van der Waals surface area contributed by atoms with Crippen molar-refractivity contribution in [2.45, 2.75) is 38.9 Å². The first-order valence-electron chi connectivity index (χ1n) is 11.0. The minimum atomic E-state index is -0.637. The lowest BCUT2D eigenvalue weighted by molar-refractivity contribution is -0.121. The van der Waals surface area contributed by atoms with E-state index in [0.717, 1.165) is 24.0 Å². The Morgan fingerprint density at radius 3 is 2.85 bits per heavy atom. The number of nitrogens with one attached hydrogen (secondary N) is 2. The Balaban J connectivity index is 1.73. The van der Waals surface area contributed by atoms with Gasteiger partial charge in [0.25, 0.3) is 11.5 Å². The third kappa shape index (κ3) is 4.51. The van der Waals surface area contributed by atoms with Crippen molar-refractivity contribution in [1.29, 1.82) is 0 Å². The van der Waals surface area contributed by atoms with E-state index in [1.54, 1.807) is 29.8 Å². The molecule has 0 spiro atoms. The van der Waals surface area contributed by atoms with Crippen LogP contribution < -0.4 is 32.7 Å². The molecule has 1 aliphatic heterocycles. The number of aromatic nitrogens is 5. The van der Waals surface area contributed by atoms with E-state index in [1.165, 1.54) is 17.8 Å². The van der Waals surface area contributed by atoms with Crippen LogP contribution in [0.4, 0.5) is 11.6 Å². The smallest absolute Gasteiger partial charge is 0.332 e. The average molecular weight is 466 g/mol. The molecule has 0 saturated carbocycles. The van der Waals surface area contributed by atoms with E-state index in [2.05, 4.69) is 32.7 Å². The summed E-state index contributed by atoms with van der Waals surface area (Å²) in [7, 11) is 1.53.